The predicted molar refractivity (Wildman–Crippen MR) is 117 cm³/mol. The molecular formula is C23H26N2O4S. The highest BCUT2D eigenvalue weighted by Crippen LogP contribution is 2.27. The highest BCUT2D eigenvalue weighted by Gasteiger charge is 2.37. The topological polar surface area (TPSA) is 75.7 Å². The van der Waals surface area contributed by atoms with Crippen molar-refractivity contribution in [2.24, 2.45) is 5.92 Å². The van der Waals surface area contributed by atoms with E-state index in [9.17, 15) is 14.4 Å². The molecule has 7 heteroatoms. The third-order valence-corrected chi connectivity index (χ3v) is 5.80. The fourth-order valence-electron chi connectivity index (χ4n) is 3.32. The molecule has 2 amide bonds. The number of benzene rings is 2. The fourth-order valence-corrected chi connectivity index (χ4v) is 3.73. The number of amides is 2. The minimum Gasteiger partial charge on any atom is -0.452 e. The highest BCUT2D eigenvalue weighted by molar-refractivity contribution is 7.98. The largest absolute Gasteiger partial charge is 0.452 e. The summed E-state index contributed by atoms with van der Waals surface area (Å²) in [5, 5.41) is 2.79. The van der Waals surface area contributed by atoms with Gasteiger partial charge in [0.25, 0.3) is 5.91 Å². The Bertz CT molecular complexity index is 886. The molecule has 1 aliphatic heterocycles. The minimum atomic E-state index is -0.904. The minimum absolute atomic E-state index is 0.0887. The maximum atomic E-state index is 12.5. The van der Waals surface area contributed by atoms with Crippen molar-refractivity contribution in [3.05, 3.63) is 60.2 Å². The maximum absolute atomic E-state index is 12.5. The molecule has 2 aromatic carbocycles. The lowest BCUT2D eigenvalue weighted by Gasteiger charge is -2.18. The number of nitrogens with one attached hydrogen (secondary N) is 1. The number of carbonyl (C=O) groups is 3. The number of nitrogens with zero attached hydrogens (tertiary/aromatic N) is 1. The van der Waals surface area contributed by atoms with Crippen LogP contribution in [0.4, 0.5) is 5.69 Å². The average Bonchev–Trinajstić information content (AvgIpc) is 3.16. The summed E-state index contributed by atoms with van der Waals surface area (Å²) in [6.45, 7) is 2.27. The lowest BCUT2D eigenvalue weighted by atomic mass is 10.1. The van der Waals surface area contributed by atoms with E-state index in [1.54, 1.807) is 23.6 Å². The van der Waals surface area contributed by atoms with Crippen molar-refractivity contribution in [2.45, 2.75) is 30.8 Å². The molecule has 2 unspecified atom stereocenters. The summed E-state index contributed by atoms with van der Waals surface area (Å²) >= 11 is 1.62. The van der Waals surface area contributed by atoms with E-state index in [1.165, 1.54) is 0 Å². The number of carbonyl (C=O) groups excluding carboxylic acids is 3. The van der Waals surface area contributed by atoms with Crippen LogP contribution < -0.4 is 10.2 Å². The van der Waals surface area contributed by atoms with Crippen molar-refractivity contribution >= 4 is 35.2 Å². The van der Waals surface area contributed by atoms with Crippen molar-refractivity contribution in [1.82, 2.24) is 5.32 Å². The summed E-state index contributed by atoms with van der Waals surface area (Å²) in [6.07, 6.45) is 1.87. The van der Waals surface area contributed by atoms with E-state index in [0.717, 1.165) is 16.1 Å². The van der Waals surface area contributed by atoms with Crippen LogP contribution >= 0.6 is 11.8 Å². The Labute approximate surface area is 181 Å². The first-order chi connectivity index (χ1) is 14.5. The number of anilines is 1. The summed E-state index contributed by atoms with van der Waals surface area (Å²) in [5.74, 6) is -1.54. The molecule has 6 nitrogen and oxygen atoms in total. The molecule has 0 spiro atoms. The third kappa shape index (κ3) is 5.63. The zero-order chi connectivity index (χ0) is 21.5. The van der Waals surface area contributed by atoms with E-state index in [-0.39, 0.29) is 24.8 Å². The number of thioether (sulfide) groups is 1. The Morgan fingerprint density at radius 2 is 1.87 bits per heavy atom. The molecule has 0 aliphatic carbocycles. The number of hydrogen-bond donors (Lipinski definition) is 1. The van der Waals surface area contributed by atoms with Gasteiger partial charge < -0.3 is 15.0 Å². The number of hydrogen-bond acceptors (Lipinski definition) is 5. The molecule has 0 bridgehead atoms. The first-order valence-corrected chi connectivity index (χ1v) is 11.2. The lowest BCUT2D eigenvalue weighted by molar-refractivity contribution is -0.158. The van der Waals surface area contributed by atoms with Crippen molar-refractivity contribution in [3.63, 3.8) is 0 Å². The van der Waals surface area contributed by atoms with Gasteiger partial charge in [-0.25, -0.2) is 0 Å². The summed E-state index contributed by atoms with van der Waals surface area (Å²) in [7, 11) is 0. The smallest absolute Gasteiger partial charge is 0.312 e. The summed E-state index contributed by atoms with van der Waals surface area (Å²) in [4.78, 5) is 39.8. The summed E-state index contributed by atoms with van der Waals surface area (Å²) in [6, 6.07) is 17.5. The standard InChI is InChI=1S/C23H26N2O4S/c1-16(22(27)24-13-12-17-6-4-3-5-7-17)29-23(28)18-14-21(26)25(15-18)19-8-10-20(30-2)11-9-19/h3-11,16,18H,12-15H2,1-2H3,(H,24,27). The second-order valence-corrected chi connectivity index (χ2v) is 8.09. The molecule has 0 aromatic heterocycles. The zero-order valence-electron chi connectivity index (χ0n) is 17.2. The molecule has 158 valence electrons. The highest BCUT2D eigenvalue weighted by atomic mass is 32.2. The Kier molecular flexibility index (Phi) is 7.52. The van der Waals surface area contributed by atoms with Crippen LogP contribution in [0, 0.1) is 5.92 Å². The molecule has 1 N–H and O–H groups in total. The first-order valence-electron chi connectivity index (χ1n) is 9.94. The van der Waals surface area contributed by atoms with Gasteiger partial charge in [0.15, 0.2) is 6.10 Å². The molecule has 2 aromatic rings. The van der Waals surface area contributed by atoms with E-state index in [1.807, 2.05) is 60.9 Å². The molecule has 30 heavy (non-hydrogen) atoms. The van der Waals surface area contributed by atoms with Gasteiger partial charge in [-0.1, -0.05) is 30.3 Å². The quantitative estimate of drug-likeness (QED) is 0.519. The van der Waals surface area contributed by atoms with E-state index < -0.39 is 18.0 Å². The van der Waals surface area contributed by atoms with Gasteiger partial charge in [0.1, 0.15) is 0 Å². The SMILES string of the molecule is CSc1ccc(N2CC(C(=O)OC(C)C(=O)NCCc3ccccc3)CC2=O)cc1. The van der Waals surface area contributed by atoms with Crippen LogP contribution in [-0.4, -0.2) is 43.2 Å². The van der Waals surface area contributed by atoms with Crippen LogP contribution in [0.2, 0.25) is 0 Å². The molecule has 1 heterocycles. The van der Waals surface area contributed by atoms with Crippen LogP contribution in [0.3, 0.4) is 0 Å². The predicted octanol–water partition coefficient (Wildman–Crippen LogP) is 3.05. The Balaban J connectivity index is 1.47. The molecule has 0 saturated carbocycles. The van der Waals surface area contributed by atoms with Gasteiger partial charge in [-0.2, -0.15) is 0 Å². The van der Waals surface area contributed by atoms with E-state index in [0.29, 0.717) is 13.0 Å². The Morgan fingerprint density at radius 1 is 1.17 bits per heavy atom. The van der Waals surface area contributed by atoms with Crippen LogP contribution in [0.15, 0.2) is 59.5 Å². The molecule has 1 fully saturated rings. The van der Waals surface area contributed by atoms with E-state index in [4.69, 9.17) is 4.74 Å². The lowest BCUT2D eigenvalue weighted by Crippen LogP contribution is -2.38. The molecular weight excluding hydrogens is 400 g/mol. The maximum Gasteiger partial charge on any atom is 0.312 e. The fraction of sp³-hybridized carbons (Fsp3) is 0.348. The molecule has 2 atom stereocenters. The second kappa shape index (κ2) is 10.3. The van der Waals surface area contributed by atoms with Crippen molar-refractivity contribution in [3.8, 4) is 0 Å². The van der Waals surface area contributed by atoms with Crippen LogP contribution in [0.25, 0.3) is 0 Å². The monoisotopic (exact) mass is 426 g/mol. The Hall–Kier alpha value is -2.80. The van der Waals surface area contributed by atoms with Gasteiger partial charge in [0, 0.05) is 30.1 Å². The van der Waals surface area contributed by atoms with Gasteiger partial charge >= 0.3 is 5.97 Å². The molecule has 3 rings (SSSR count). The van der Waals surface area contributed by atoms with Crippen molar-refractivity contribution in [1.29, 1.82) is 0 Å². The van der Waals surface area contributed by atoms with Gasteiger partial charge in [-0.3, -0.25) is 14.4 Å². The van der Waals surface area contributed by atoms with Crippen LogP contribution in [0.5, 0.6) is 0 Å². The molecule has 1 aliphatic rings. The number of ether oxygens (including phenoxy) is 1. The molecule has 0 radical (unpaired) electrons. The van der Waals surface area contributed by atoms with Gasteiger partial charge in [0.2, 0.25) is 5.91 Å². The first kappa shape index (κ1) is 21.9. The number of rotatable bonds is 8. The Morgan fingerprint density at radius 3 is 2.53 bits per heavy atom. The van der Waals surface area contributed by atoms with E-state index >= 15 is 0 Å². The van der Waals surface area contributed by atoms with Gasteiger partial charge in [0.05, 0.1) is 5.92 Å². The van der Waals surface area contributed by atoms with Crippen LogP contribution in [-0.2, 0) is 25.5 Å². The summed E-state index contributed by atoms with van der Waals surface area (Å²) < 4.78 is 5.33. The normalized spacial score (nSPS) is 16.9. The third-order valence-electron chi connectivity index (χ3n) is 5.06. The average molecular weight is 427 g/mol. The summed E-state index contributed by atoms with van der Waals surface area (Å²) in [5.41, 5.74) is 1.89. The second-order valence-electron chi connectivity index (χ2n) is 7.21. The van der Waals surface area contributed by atoms with Crippen LogP contribution in [0.1, 0.15) is 18.9 Å². The van der Waals surface area contributed by atoms with Crippen molar-refractivity contribution in [2.75, 3.05) is 24.2 Å². The van der Waals surface area contributed by atoms with Crippen molar-refractivity contribution < 1.29 is 19.1 Å². The van der Waals surface area contributed by atoms with Gasteiger partial charge in [-0.15, -0.1) is 11.8 Å². The van der Waals surface area contributed by atoms with Gasteiger partial charge in [-0.05, 0) is 49.4 Å². The van der Waals surface area contributed by atoms with E-state index in [2.05, 4.69) is 5.32 Å². The molecule has 1 saturated heterocycles. The zero-order valence-corrected chi connectivity index (χ0v) is 18.0. The number of esters is 1.